The van der Waals surface area contributed by atoms with Crippen LogP contribution in [0.2, 0.25) is 5.02 Å². The first kappa shape index (κ1) is 23.5. The molecular formula is C28H35BrClNO2. The minimum Gasteiger partial charge on any atom is -0.490 e. The summed E-state index contributed by atoms with van der Waals surface area (Å²) < 4.78 is 13.1. The van der Waals surface area contributed by atoms with Gasteiger partial charge in [-0.05, 0) is 114 Å². The number of hydrogen-bond acceptors (Lipinski definition) is 3. The molecule has 4 bridgehead atoms. The highest BCUT2D eigenvalue weighted by Crippen LogP contribution is 2.66. The van der Waals surface area contributed by atoms with Crippen molar-refractivity contribution in [2.75, 3.05) is 6.61 Å². The van der Waals surface area contributed by atoms with E-state index in [1.807, 2.05) is 31.2 Å². The molecule has 33 heavy (non-hydrogen) atoms. The Bertz CT molecular complexity index is 1010. The van der Waals surface area contributed by atoms with Crippen LogP contribution in [0.25, 0.3) is 0 Å². The third kappa shape index (κ3) is 4.94. The Morgan fingerprint density at radius 3 is 2.30 bits per heavy atom. The summed E-state index contributed by atoms with van der Waals surface area (Å²) >= 11 is 9.76. The number of halogens is 2. The van der Waals surface area contributed by atoms with Crippen LogP contribution in [0, 0.1) is 16.7 Å². The van der Waals surface area contributed by atoms with Gasteiger partial charge in [0.15, 0.2) is 11.5 Å². The summed E-state index contributed by atoms with van der Waals surface area (Å²) in [5.74, 6) is 2.44. The molecule has 0 saturated heterocycles. The third-order valence-electron chi connectivity index (χ3n) is 7.96. The van der Waals surface area contributed by atoms with Crippen molar-refractivity contribution in [1.29, 1.82) is 0 Å². The van der Waals surface area contributed by atoms with Gasteiger partial charge in [-0.25, -0.2) is 0 Å². The summed E-state index contributed by atoms with van der Waals surface area (Å²) in [4.78, 5) is 0. The maximum atomic E-state index is 6.17. The van der Waals surface area contributed by atoms with Crippen LogP contribution >= 0.6 is 27.5 Å². The highest BCUT2D eigenvalue weighted by molar-refractivity contribution is 9.10. The number of benzene rings is 2. The van der Waals surface area contributed by atoms with Gasteiger partial charge >= 0.3 is 0 Å². The average molecular weight is 533 g/mol. The topological polar surface area (TPSA) is 30.5 Å². The summed E-state index contributed by atoms with van der Waals surface area (Å²) in [7, 11) is 0. The molecule has 2 aromatic carbocycles. The van der Waals surface area contributed by atoms with E-state index >= 15 is 0 Å². The highest BCUT2D eigenvalue weighted by Gasteiger charge is 2.59. The van der Waals surface area contributed by atoms with Gasteiger partial charge in [0.25, 0.3) is 0 Å². The van der Waals surface area contributed by atoms with Gasteiger partial charge in [-0.15, -0.1) is 0 Å². The molecule has 2 atom stereocenters. The summed E-state index contributed by atoms with van der Waals surface area (Å²) in [5.41, 5.74) is 3.61. The lowest BCUT2D eigenvalue weighted by Crippen LogP contribution is -2.63. The fourth-order valence-electron chi connectivity index (χ4n) is 7.80. The first-order chi connectivity index (χ1) is 15.7. The molecule has 0 spiro atoms. The fourth-order valence-corrected chi connectivity index (χ4v) is 8.53. The lowest BCUT2D eigenvalue weighted by Gasteiger charge is -2.65. The molecule has 4 aliphatic carbocycles. The third-order valence-corrected chi connectivity index (χ3v) is 8.80. The molecule has 6 rings (SSSR count). The lowest BCUT2D eigenvalue weighted by atomic mass is 9.43. The molecule has 1 N–H and O–H groups in total. The van der Waals surface area contributed by atoms with Crippen LogP contribution in [0.5, 0.6) is 11.5 Å². The van der Waals surface area contributed by atoms with Crippen LogP contribution in [0.4, 0.5) is 0 Å². The Hall–Kier alpha value is -1.23. The van der Waals surface area contributed by atoms with E-state index in [4.69, 9.17) is 21.1 Å². The lowest BCUT2D eigenvalue weighted by molar-refractivity contribution is -0.118. The summed E-state index contributed by atoms with van der Waals surface area (Å²) in [6, 6.07) is 12.1. The first-order valence-corrected chi connectivity index (χ1v) is 13.4. The van der Waals surface area contributed by atoms with E-state index in [0.29, 0.717) is 24.0 Å². The van der Waals surface area contributed by atoms with Crippen molar-refractivity contribution in [1.82, 2.24) is 5.32 Å². The van der Waals surface area contributed by atoms with Crippen LogP contribution in [0.15, 0.2) is 40.9 Å². The molecule has 3 nitrogen and oxygen atoms in total. The zero-order valence-electron chi connectivity index (χ0n) is 20.0. The van der Waals surface area contributed by atoms with Gasteiger partial charge in [-0.2, -0.15) is 0 Å². The molecular weight excluding hydrogens is 498 g/mol. The van der Waals surface area contributed by atoms with Gasteiger partial charge in [0.1, 0.15) is 6.61 Å². The van der Waals surface area contributed by atoms with Gasteiger partial charge in [0.05, 0.1) is 11.1 Å². The molecule has 0 radical (unpaired) electrons. The van der Waals surface area contributed by atoms with E-state index in [1.54, 1.807) is 0 Å². The smallest absolute Gasteiger partial charge is 0.175 e. The highest BCUT2D eigenvalue weighted by atomic mass is 79.9. The largest absolute Gasteiger partial charge is 0.490 e. The van der Waals surface area contributed by atoms with Crippen molar-refractivity contribution < 1.29 is 9.47 Å². The van der Waals surface area contributed by atoms with Gasteiger partial charge in [-0.1, -0.05) is 37.6 Å². The van der Waals surface area contributed by atoms with Crippen molar-refractivity contribution in [2.24, 2.45) is 16.7 Å². The van der Waals surface area contributed by atoms with Crippen molar-refractivity contribution in [3.05, 3.63) is 57.0 Å². The van der Waals surface area contributed by atoms with Gasteiger partial charge < -0.3 is 14.8 Å². The van der Waals surface area contributed by atoms with Crippen LogP contribution in [0.1, 0.15) is 70.4 Å². The molecule has 2 unspecified atom stereocenters. The molecule has 4 fully saturated rings. The summed E-state index contributed by atoms with van der Waals surface area (Å²) in [6.07, 6.45) is 8.21. The van der Waals surface area contributed by atoms with Gasteiger partial charge in [0, 0.05) is 17.1 Å². The van der Waals surface area contributed by atoms with Crippen molar-refractivity contribution in [2.45, 2.75) is 78.0 Å². The van der Waals surface area contributed by atoms with E-state index in [1.165, 1.54) is 44.1 Å². The van der Waals surface area contributed by atoms with Crippen LogP contribution in [-0.4, -0.2) is 12.1 Å². The predicted molar refractivity (Wildman–Crippen MR) is 138 cm³/mol. The summed E-state index contributed by atoms with van der Waals surface area (Å²) in [5, 5.41) is 4.77. The summed E-state index contributed by atoms with van der Waals surface area (Å²) in [6.45, 7) is 9.00. The van der Waals surface area contributed by atoms with Crippen LogP contribution < -0.4 is 14.8 Å². The second kappa shape index (κ2) is 8.77. The average Bonchev–Trinajstić information content (AvgIpc) is 2.71. The zero-order chi connectivity index (χ0) is 23.3. The fraction of sp³-hybridized carbons (Fsp3) is 0.571. The molecule has 178 valence electrons. The number of rotatable bonds is 8. The molecule has 0 aromatic heterocycles. The minimum absolute atomic E-state index is 0.283. The Labute approximate surface area is 211 Å². The van der Waals surface area contributed by atoms with Crippen molar-refractivity contribution in [3.63, 3.8) is 0 Å². The van der Waals surface area contributed by atoms with Crippen LogP contribution in [0.3, 0.4) is 0 Å². The van der Waals surface area contributed by atoms with Crippen molar-refractivity contribution in [3.8, 4) is 11.5 Å². The molecule has 4 aliphatic rings. The molecule has 0 aliphatic heterocycles. The van der Waals surface area contributed by atoms with Gasteiger partial charge in [0.2, 0.25) is 0 Å². The Morgan fingerprint density at radius 1 is 0.970 bits per heavy atom. The Balaban J connectivity index is 1.31. The molecule has 2 aromatic rings. The number of hydrogen-bond donors (Lipinski definition) is 1. The zero-order valence-corrected chi connectivity index (χ0v) is 22.3. The standard InChI is InChI=1S/C28H35BrClNO2/c1-4-32-24-10-20(9-23(29)25(24)33-15-19-5-7-22(30)8-6-19)14-31-28-13-21-11-26(2,17-28)16-27(3,12-21)18-28/h5-10,21,31H,4,11-18H2,1-3H3. The van der Waals surface area contributed by atoms with Crippen LogP contribution in [-0.2, 0) is 13.2 Å². The molecule has 0 amide bonds. The minimum atomic E-state index is 0.283. The number of nitrogens with one attached hydrogen (secondary N) is 1. The number of ether oxygens (including phenoxy) is 2. The normalized spacial score (nSPS) is 32.2. The maximum Gasteiger partial charge on any atom is 0.175 e. The molecule has 4 saturated carbocycles. The van der Waals surface area contributed by atoms with Gasteiger partial charge in [-0.3, -0.25) is 0 Å². The Morgan fingerprint density at radius 2 is 1.67 bits per heavy atom. The second-order valence-corrected chi connectivity index (χ2v) is 12.8. The van der Waals surface area contributed by atoms with E-state index < -0.39 is 0 Å². The predicted octanol–water partition coefficient (Wildman–Crippen LogP) is 7.92. The maximum absolute atomic E-state index is 6.17. The SMILES string of the molecule is CCOc1cc(CNC23CC4CC(C)(CC(C)(C4)C2)C3)cc(Br)c1OCc1ccc(Cl)cc1. The van der Waals surface area contributed by atoms with E-state index in [-0.39, 0.29) is 5.54 Å². The van der Waals surface area contributed by atoms with E-state index in [2.05, 4.69) is 47.2 Å². The quantitative estimate of drug-likeness (QED) is 0.374. The monoisotopic (exact) mass is 531 g/mol. The van der Waals surface area contributed by atoms with Crippen molar-refractivity contribution >= 4 is 27.5 Å². The Kier molecular flexibility index (Phi) is 6.25. The molecule has 5 heteroatoms. The van der Waals surface area contributed by atoms with E-state index in [0.717, 1.165) is 39.0 Å². The first-order valence-electron chi connectivity index (χ1n) is 12.3. The second-order valence-electron chi connectivity index (χ2n) is 11.5. The van der Waals surface area contributed by atoms with E-state index in [9.17, 15) is 0 Å². The molecule has 0 heterocycles.